The van der Waals surface area contributed by atoms with Gasteiger partial charge in [-0.25, -0.2) is 9.48 Å². The number of benzene rings is 2. The normalized spacial score (nSPS) is 16.5. The van der Waals surface area contributed by atoms with Crippen molar-refractivity contribution >= 4 is 23.3 Å². The first-order chi connectivity index (χ1) is 14.6. The van der Waals surface area contributed by atoms with Crippen molar-refractivity contribution in [3.8, 4) is 5.69 Å². The molecule has 8 heteroatoms. The quantitative estimate of drug-likeness (QED) is 0.565. The number of aliphatic hydroxyl groups is 1. The molecule has 3 N–H and O–H groups in total. The van der Waals surface area contributed by atoms with Gasteiger partial charge >= 0.3 is 6.03 Å². The summed E-state index contributed by atoms with van der Waals surface area (Å²) in [7, 11) is 0. The highest BCUT2D eigenvalue weighted by Gasteiger charge is 2.20. The van der Waals surface area contributed by atoms with Crippen LogP contribution in [0.5, 0.6) is 0 Å². The Labute approximate surface area is 180 Å². The summed E-state index contributed by atoms with van der Waals surface area (Å²) in [6.45, 7) is 2.76. The van der Waals surface area contributed by atoms with E-state index in [1.54, 1.807) is 23.1 Å². The van der Waals surface area contributed by atoms with E-state index in [2.05, 4.69) is 26.7 Å². The van der Waals surface area contributed by atoms with E-state index in [1.807, 2.05) is 36.4 Å². The van der Waals surface area contributed by atoms with E-state index < -0.39 is 0 Å². The minimum atomic E-state index is -0.305. The number of carbonyl (C=O) groups is 1. The number of aromatic nitrogens is 2. The number of rotatable bonds is 6. The maximum absolute atomic E-state index is 12.4. The third-order valence-electron chi connectivity index (χ3n) is 5.14. The van der Waals surface area contributed by atoms with Gasteiger partial charge in [0, 0.05) is 26.2 Å². The van der Waals surface area contributed by atoms with E-state index >= 15 is 0 Å². The fourth-order valence-electron chi connectivity index (χ4n) is 3.59. The molecular weight excluding hydrogens is 402 g/mol. The average molecular weight is 426 g/mol. The van der Waals surface area contributed by atoms with Gasteiger partial charge in [0.2, 0.25) is 0 Å². The molecular formula is C22H24ClN5O2. The van der Waals surface area contributed by atoms with E-state index in [4.69, 9.17) is 11.6 Å². The average Bonchev–Trinajstić information content (AvgIpc) is 3.36. The lowest BCUT2D eigenvalue weighted by atomic mass is 10.1. The Bertz CT molecular complexity index is 1020. The summed E-state index contributed by atoms with van der Waals surface area (Å²) in [4.78, 5) is 14.6. The van der Waals surface area contributed by atoms with Crippen LogP contribution in [-0.2, 0) is 13.1 Å². The zero-order chi connectivity index (χ0) is 20.9. The number of hydrogen-bond acceptors (Lipinski definition) is 4. The monoisotopic (exact) mass is 425 g/mol. The number of carbonyl (C=O) groups excluding carboxylic acids is 1. The van der Waals surface area contributed by atoms with Gasteiger partial charge < -0.3 is 15.7 Å². The molecule has 0 saturated carbocycles. The number of hydrogen-bond donors (Lipinski definition) is 3. The lowest BCUT2D eigenvalue weighted by molar-refractivity contribution is 0.174. The van der Waals surface area contributed by atoms with Crippen molar-refractivity contribution < 1.29 is 9.90 Å². The Morgan fingerprint density at radius 1 is 1.17 bits per heavy atom. The fraction of sp³-hybridized carbons (Fsp3) is 0.273. The summed E-state index contributed by atoms with van der Waals surface area (Å²) in [5.41, 5.74) is 3.53. The summed E-state index contributed by atoms with van der Waals surface area (Å²) in [5.74, 6) is 0. The highest BCUT2D eigenvalue weighted by molar-refractivity contribution is 6.32. The van der Waals surface area contributed by atoms with Crippen LogP contribution < -0.4 is 10.6 Å². The molecule has 1 atom stereocenters. The van der Waals surface area contributed by atoms with Gasteiger partial charge in [0.05, 0.1) is 34.9 Å². The molecule has 156 valence electrons. The van der Waals surface area contributed by atoms with Crippen molar-refractivity contribution in [2.24, 2.45) is 0 Å². The van der Waals surface area contributed by atoms with Crippen LogP contribution in [0.15, 0.2) is 60.9 Å². The van der Waals surface area contributed by atoms with Crippen LogP contribution in [0.2, 0.25) is 5.02 Å². The predicted octanol–water partition coefficient (Wildman–Crippen LogP) is 3.41. The van der Waals surface area contributed by atoms with E-state index in [0.717, 1.165) is 36.3 Å². The first-order valence-electron chi connectivity index (χ1n) is 9.90. The fourth-order valence-corrected chi connectivity index (χ4v) is 3.81. The molecule has 30 heavy (non-hydrogen) atoms. The molecule has 0 radical (unpaired) electrons. The molecule has 2 heterocycles. The van der Waals surface area contributed by atoms with E-state index in [0.29, 0.717) is 23.8 Å². The molecule has 3 aromatic rings. The smallest absolute Gasteiger partial charge is 0.319 e. The van der Waals surface area contributed by atoms with Gasteiger partial charge in [0.1, 0.15) is 0 Å². The Balaban J connectivity index is 1.34. The van der Waals surface area contributed by atoms with Crippen LogP contribution in [0.25, 0.3) is 5.69 Å². The number of halogens is 1. The third kappa shape index (κ3) is 4.99. The number of likely N-dealkylation sites (tertiary alicyclic amines) is 1. The molecule has 1 fully saturated rings. The molecule has 1 aliphatic heterocycles. The van der Waals surface area contributed by atoms with Crippen molar-refractivity contribution in [2.75, 3.05) is 18.4 Å². The van der Waals surface area contributed by atoms with Gasteiger partial charge in [-0.1, -0.05) is 48.0 Å². The number of anilines is 1. The van der Waals surface area contributed by atoms with E-state index in [-0.39, 0.29) is 12.1 Å². The lowest BCUT2D eigenvalue weighted by Gasteiger charge is -2.18. The first-order valence-corrected chi connectivity index (χ1v) is 10.3. The van der Waals surface area contributed by atoms with Gasteiger partial charge in [-0.2, -0.15) is 5.10 Å². The molecule has 1 unspecified atom stereocenters. The SMILES string of the molecule is O=C(NCc1ccccc1CN1CCC(O)C1)Nc1cnn(-c2ccccc2Cl)c1. The Kier molecular flexibility index (Phi) is 6.32. The standard InChI is InChI=1S/C22H24ClN5O2/c23-20-7-3-4-8-21(20)28-14-18(12-25-28)26-22(30)24-11-16-5-1-2-6-17(16)13-27-10-9-19(29)15-27/h1-8,12,14,19,29H,9-11,13,15H2,(H2,24,26,30). The van der Waals surface area contributed by atoms with Gasteiger partial charge in [-0.05, 0) is 29.7 Å². The highest BCUT2D eigenvalue weighted by atomic mass is 35.5. The number of nitrogens with zero attached hydrogens (tertiary/aromatic N) is 3. The number of β-amino-alcohol motifs (C(OH)–C–C–N with tert-alkyl or cyclic N) is 1. The van der Waals surface area contributed by atoms with Gasteiger partial charge in [-0.15, -0.1) is 0 Å². The second kappa shape index (κ2) is 9.30. The minimum Gasteiger partial charge on any atom is -0.392 e. The minimum absolute atomic E-state index is 0.243. The number of para-hydroxylation sites is 1. The number of urea groups is 1. The second-order valence-corrected chi connectivity index (χ2v) is 7.79. The number of aliphatic hydroxyl groups excluding tert-OH is 1. The molecule has 0 aliphatic carbocycles. The van der Waals surface area contributed by atoms with E-state index in [1.165, 1.54) is 0 Å². The summed E-state index contributed by atoms with van der Waals surface area (Å²) >= 11 is 6.20. The predicted molar refractivity (Wildman–Crippen MR) is 117 cm³/mol. The lowest BCUT2D eigenvalue weighted by Crippen LogP contribution is -2.29. The van der Waals surface area contributed by atoms with Crippen molar-refractivity contribution in [1.29, 1.82) is 0 Å². The zero-order valence-corrected chi connectivity index (χ0v) is 17.2. The van der Waals surface area contributed by atoms with Crippen LogP contribution in [-0.4, -0.2) is 45.0 Å². The zero-order valence-electron chi connectivity index (χ0n) is 16.5. The summed E-state index contributed by atoms with van der Waals surface area (Å²) in [6.07, 6.45) is 3.86. The molecule has 1 aliphatic rings. The Morgan fingerprint density at radius 3 is 2.70 bits per heavy atom. The van der Waals surface area contributed by atoms with Crippen LogP contribution in [0.4, 0.5) is 10.5 Å². The van der Waals surface area contributed by atoms with Crippen molar-refractivity contribution in [3.05, 3.63) is 77.1 Å². The molecule has 2 amide bonds. The van der Waals surface area contributed by atoms with Crippen LogP contribution >= 0.6 is 11.6 Å². The maximum Gasteiger partial charge on any atom is 0.319 e. The largest absolute Gasteiger partial charge is 0.392 e. The molecule has 1 saturated heterocycles. The number of nitrogens with one attached hydrogen (secondary N) is 2. The molecule has 1 aromatic heterocycles. The van der Waals surface area contributed by atoms with Gasteiger partial charge in [-0.3, -0.25) is 4.90 Å². The Morgan fingerprint density at radius 2 is 1.93 bits per heavy atom. The van der Waals surface area contributed by atoms with Crippen LogP contribution in [0, 0.1) is 0 Å². The summed E-state index contributed by atoms with van der Waals surface area (Å²) < 4.78 is 1.62. The molecule has 7 nitrogen and oxygen atoms in total. The van der Waals surface area contributed by atoms with E-state index in [9.17, 15) is 9.90 Å². The van der Waals surface area contributed by atoms with Crippen molar-refractivity contribution in [3.63, 3.8) is 0 Å². The van der Waals surface area contributed by atoms with Crippen molar-refractivity contribution in [1.82, 2.24) is 20.0 Å². The first kappa shape index (κ1) is 20.4. The number of amides is 2. The molecule has 0 spiro atoms. The summed E-state index contributed by atoms with van der Waals surface area (Å²) in [5, 5.41) is 20.3. The van der Waals surface area contributed by atoms with Crippen LogP contribution in [0.3, 0.4) is 0 Å². The Hall–Kier alpha value is -2.87. The van der Waals surface area contributed by atoms with Crippen molar-refractivity contribution in [2.45, 2.75) is 25.6 Å². The topological polar surface area (TPSA) is 82.4 Å². The maximum atomic E-state index is 12.4. The van der Waals surface area contributed by atoms with Crippen LogP contribution in [0.1, 0.15) is 17.5 Å². The molecule has 0 bridgehead atoms. The summed E-state index contributed by atoms with van der Waals surface area (Å²) in [6, 6.07) is 15.1. The molecule has 2 aromatic carbocycles. The second-order valence-electron chi connectivity index (χ2n) is 7.38. The third-order valence-corrected chi connectivity index (χ3v) is 5.46. The highest BCUT2D eigenvalue weighted by Crippen LogP contribution is 2.20. The van der Waals surface area contributed by atoms with Gasteiger partial charge in [0.25, 0.3) is 0 Å². The van der Waals surface area contributed by atoms with Gasteiger partial charge in [0.15, 0.2) is 0 Å². The molecule has 4 rings (SSSR count).